The van der Waals surface area contributed by atoms with Gasteiger partial charge in [0.1, 0.15) is 0 Å². The standard InChI is InChI=1S/C16H24FNO2/c1-12(10-17)16(20-2)13-5-7-14(8-6-13)18-9-3-4-15(18)11-19/h5-8,12,15-16,19H,3-4,9-11H2,1-2H3/t12-,15+,16+/m1/s1. The van der Waals surface area contributed by atoms with Crippen molar-refractivity contribution in [2.45, 2.75) is 31.9 Å². The van der Waals surface area contributed by atoms with E-state index in [0.29, 0.717) is 0 Å². The second-order valence-corrected chi connectivity index (χ2v) is 5.55. The Bertz CT molecular complexity index is 388. The molecule has 0 aromatic heterocycles. The second-order valence-electron chi connectivity index (χ2n) is 5.55. The molecule has 3 atom stereocenters. The molecule has 20 heavy (non-hydrogen) atoms. The molecule has 0 radical (unpaired) electrons. The zero-order chi connectivity index (χ0) is 14.5. The Morgan fingerprint density at radius 2 is 2.10 bits per heavy atom. The number of methoxy groups -OCH3 is 1. The summed E-state index contributed by atoms with van der Waals surface area (Å²) < 4.78 is 18.2. The van der Waals surface area contributed by atoms with Crippen molar-refractivity contribution >= 4 is 5.69 Å². The maximum Gasteiger partial charge on any atom is 0.0948 e. The topological polar surface area (TPSA) is 32.7 Å². The fourth-order valence-electron chi connectivity index (χ4n) is 3.00. The van der Waals surface area contributed by atoms with Crippen LogP contribution in [-0.4, -0.2) is 38.1 Å². The molecule has 1 aliphatic heterocycles. The van der Waals surface area contributed by atoms with E-state index in [1.807, 2.05) is 31.2 Å². The number of hydrogen-bond donors (Lipinski definition) is 1. The predicted octanol–water partition coefficient (Wildman–Crippen LogP) is 2.94. The van der Waals surface area contributed by atoms with Gasteiger partial charge in [0.25, 0.3) is 0 Å². The molecule has 0 bridgehead atoms. The van der Waals surface area contributed by atoms with Gasteiger partial charge in [-0.25, -0.2) is 0 Å². The van der Waals surface area contributed by atoms with Crippen molar-refractivity contribution in [3.05, 3.63) is 29.8 Å². The Balaban J connectivity index is 2.13. The first-order valence-electron chi connectivity index (χ1n) is 7.27. The second kappa shape index (κ2) is 7.04. The highest BCUT2D eigenvalue weighted by Crippen LogP contribution is 2.30. The zero-order valence-corrected chi connectivity index (χ0v) is 12.3. The summed E-state index contributed by atoms with van der Waals surface area (Å²) in [6.45, 7) is 2.64. The van der Waals surface area contributed by atoms with Gasteiger partial charge in [0, 0.05) is 25.3 Å². The van der Waals surface area contributed by atoms with Crippen LogP contribution >= 0.6 is 0 Å². The lowest BCUT2D eigenvalue weighted by Crippen LogP contribution is -2.31. The molecule has 112 valence electrons. The van der Waals surface area contributed by atoms with E-state index in [2.05, 4.69) is 4.90 Å². The molecular weight excluding hydrogens is 257 g/mol. The molecule has 1 fully saturated rings. The Morgan fingerprint density at radius 3 is 2.65 bits per heavy atom. The summed E-state index contributed by atoms with van der Waals surface area (Å²) in [7, 11) is 1.62. The van der Waals surface area contributed by atoms with E-state index < -0.39 is 0 Å². The number of ether oxygens (including phenoxy) is 1. The molecule has 4 heteroatoms. The average Bonchev–Trinajstić information content (AvgIpc) is 2.97. The number of benzene rings is 1. The van der Waals surface area contributed by atoms with Gasteiger partial charge in [0.15, 0.2) is 0 Å². The molecule has 1 saturated heterocycles. The van der Waals surface area contributed by atoms with Crippen molar-refractivity contribution < 1.29 is 14.2 Å². The van der Waals surface area contributed by atoms with Crippen molar-refractivity contribution in [3.63, 3.8) is 0 Å². The molecule has 0 saturated carbocycles. The van der Waals surface area contributed by atoms with E-state index in [9.17, 15) is 9.50 Å². The van der Waals surface area contributed by atoms with Gasteiger partial charge in [-0.2, -0.15) is 0 Å². The van der Waals surface area contributed by atoms with Crippen molar-refractivity contribution in [3.8, 4) is 0 Å². The van der Waals surface area contributed by atoms with Crippen LogP contribution in [0.15, 0.2) is 24.3 Å². The minimum Gasteiger partial charge on any atom is -0.394 e. The van der Waals surface area contributed by atoms with Gasteiger partial charge < -0.3 is 14.7 Å². The van der Waals surface area contributed by atoms with Crippen LogP contribution in [0, 0.1) is 5.92 Å². The van der Waals surface area contributed by atoms with E-state index in [4.69, 9.17) is 4.74 Å². The van der Waals surface area contributed by atoms with Gasteiger partial charge in [-0.15, -0.1) is 0 Å². The van der Waals surface area contributed by atoms with Crippen LogP contribution in [0.1, 0.15) is 31.4 Å². The van der Waals surface area contributed by atoms with Crippen molar-refractivity contribution in [2.24, 2.45) is 5.92 Å². The van der Waals surface area contributed by atoms with E-state index >= 15 is 0 Å². The maximum atomic E-state index is 12.8. The molecule has 1 aromatic carbocycles. The van der Waals surface area contributed by atoms with Gasteiger partial charge >= 0.3 is 0 Å². The third-order valence-corrected chi connectivity index (χ3v) is 4.16. The number of aliphatic hydroxyl groups excluding tert-OH is 1. The van der Waals surface area contributed by atoms with Gasteiger partial charge in [-0.05, 0) is 30.5 Å². The third-order valence-electron chi connectivity index (χ3n) is 4.16. The minimum absolute atomic E-state index is 0.150. The average molecular weight is 281 g/mol. The molecule has 1 heterocycles. The molecule has 1 N–H and O–H groups in total. The molecule has 1 aromatic rings. The van der Waals surface area contributed by atoms with Gasteiger partial charge in [0.2, 0.25) is 0 Å². The smallest absolute Gasteiger partial charge is 0.0948 e. The van der Waals surface area contributed by atoms with E-state index in [1.165, 1.54) is 0 Å². The van der Waals surface area contributed by atoms with Crippen LogP contribution in [0.25, 0.3) is 0 Å². The molecular formula is C16H24FNO2. The van der Waals surface area contributed by atoms with Crippen molar-refractivity contribution in [1.82, 2.24) is 0 Å². The number of halogens is 1. The maximum absolute atomic E-state index is 12.8. The summed E-state index contributed by atoms with van der Waals surface area (Å²) in [5.41, 5.74) is 2.12. The van der Waals surface area contributed by atoms with Crippen molar-refractivity contribution in [2.75, 3.05) is 31.8 Å². The number of alkyl halides is 1. The zero-order valence-electron chi connectivity index (χ0n) is 12.3. The number of nitrogens with zero attached hydrogens (tertiary/aromatic N) is 1. The highest BCUT2D eigenvalue weighted by atomic mass is 19.1. The van der Waals surface area contributed by atoms with Crippen LogP contribution in [0.5, 0.6) is 0 Å². The molecule has 0 spiro atoms. The summed E-state index contributed by atoms with van der Waals surface area (Å²) >= 11 is 0. The van der Waals surface area contributed by atoms with Crippen LogP contribution in [-0.2, 0) is 4.74 Å². The number of anilines is 1. The van der Waals surface area contributed by atoms with Crippen LogP contribution in [0.4, 0.5) is 10.1 Å². The normalized spacial score (nSPS) is 22.0. The highest BCUT2D eigenvalue weighted by molar-refractivity contribution is 5.50. The molecule has 0 amide bonds. The summed E-state index contributed by atoms with van der Waals surface area (Å²) in [5, 5.41) is 9.38. The van der Waals surface area contributed by atoms with E-state index in [-0.39, 0.29) is 31.3 Å². The van der Waals surface area contributed by atoms with Crippen LogP contribution in [0.2, 0.25) is 0 Å². The molecule has 0 aliphatic carbocycles. The minimum atomic E-state index is -0.390. The van der Waals surface area contributed by atoms with Gasteiger partial charge in [-0.1, -0.05) is 19.1 Å². The lowest BCUT2D eigenvalue weighted by atomic mass is 9.98. The van der Waals surface area contributed by atoms with Crippen LogP contribution in [0.3, 0.4) is 0 Å². The van der Waals surface area contributed by atoms with Gasteiger partial charge in [0.05, 0.1) is 25.4 Å². The number of rotatable bonds is 6. The highest BCUT2D eigenvalue weighted by Gasteiger charge is 2.24. The predicted molar refractivity (Wildman–Crippen MR) is 78.8 cm³/mol. The lowest BCUT2D eigenvalue weighted by molar-refractivity contribution is 0.0479. The Labute approximate surface area is 120 Å². The van der Waals surface area contributed by atoms with Crippen LogP contribution < -0.4 is 4.90 Å². The SMILES string of the molecule is CO[C@H](c1ccc(N2CCC[C@H]2CO)cc1)[C@H](C)CF. The summed E-state index contributed by atoms with van der Waals surface area (Å²) in [5.74, 6) is -0.150. The monoisotopic (exact) mass is 281 g/mol. The fourth-order valence-corrected chi connectivity index (χ4v) is 3.00. The first-order chi connectivity index (χ1) is 9.71. The third kappa shape index (κ3) is 3.13. The Hall–Kier alpha value is -1.13. The first-order valence-corrected chi connectivity index (χ1v) is 7.27. The largest absolute Gasteiger partial charge is 0.394 e. The lowest BCUT2D eigenvalue weighted by Gasteiger charge is -2.26. The molecule has 0 unspecified atom stereocenters. The summed E-state index contributed by atoms with van der Waals surface area (Å²) in [6.07, 6.45) is 1.95. The first kappa shape index (κ1) is 15.3. The molecule has 1 aliphatic rings. The van der Waals surface area contributed by atoms with E-state index in [0.717, 1.165) is 30.6 Å². The summed E-state index contributed by atoms with van der Waals surface area (Å²) in [6, 6.07) is 8.31. The van der Waals surface area contributed by atoms with Gasteiger partial charge in [-0.3, -0.25) is 4.39 Å². The molecule has 2 rings (SSSR count). The Morgan fingerprint density at radius 1 is 1.40 bits per heavy atom. The quantitative estimate of drug-likeness (QED) is 0.870. The van der Waals surface area contributed by atoms with Crippen molar-refractivity contribution in [1.29, 1.82) is 0 Å². The number of aliphatic hydroxyl groups is 1. The van der Waals surface area contributed by atoms with E-state index in [1.54, 1.807) is 7.11 Å². The fraction of sp³-hybridized carbons (Fsp3) is 0.625. The summed E-state index contributed by atoms with van der Waals surface area (Å²) in [4.78, 5) is 2.24. The Kier molecular flexibility index (Phi) is 5.38. The number of hydrogen-bond acceptors (Lipinski definition) is 3. The molecule has 3 nitrogen and oxygen atoms in total.